The molecule has 6 nitrogen and oxygen atoms in total. The zero-order chi connectivity index (χ0) is 26.9. The Kier molecular flexibility index (Phi) is 5.17. The van der Waals surface area contributed by atoms with Gasteiger partial charge in [-0.1, -0.05) is 60.7 Å². The van der Waals surface area contributed by atoms with Crippen molar-refractivity contribution in [2.24, 2.45) is 5.92 Å². The van der Waals surface area contributed by atoms with Crippen molar-refractivity contribution < 1.29 is 18.7 Å². The molecule has 0 bridgehead atoms. The summed E-state index contributed by atoms with van der Waals surface area (Å²) in [6.45, 7) is 0.471. The van der Waals surface area contributed by atoms with Crippen LogP contribution in [0.2, 0.25) is 0 Å². The van der Waals surface area contributed by atoms with E-state index in [-0.39, 0.29) is 18.3 Å². The number of amides is 1. The number of fused-ring (bicyclic) bond motifs is 6. The number of hydrogen-bond acceptors (Lipinski definition) is 4. The standard InChI is InChI=1S/C31H25F2N3O3/c32-25-11-10-24-22(27(25)33)17-21-16-20-8-4-5-9-23(20)31(21,24)36-18-34(14-12-19-6-2-1-3-7-19)30(39)28-29(38)26(37)13-15-35(28)36/h1-11,13,15,21,38H,12,14,16-18H2. The number of pyridine rings is 1. The SMILES string of the molecule is O=C1c2c(O)c(=O)ccn2N(C23c4ccccc4CC2Cc2c3ccc(F)c2F)CN1CCc1ccccc1. The molecule has 1 aromatic heterocycles. The quantitative estimate of drug-likeness (QED) is 0.436. The fourth-order valence-corrected chi connectivity index (χ4v) is 6.90. The number of carbonyl (C=O) groups excluding carboxylic acids is 1. The predicted molar refractivity (Wildman–Crippen MR) is 141 cm³/mol. The molecule has 1 N–H and O–H groups in total. The van der Waals surface area contributed by atoms with Gasteiger partial charge in [0.15, 0.2) is 23.1 Å². The third-order valence-electron chi connectivity index (χ3n) is 8.57. The van der Waals surface area contributed by atoms with Crippen molar-refractivity contribution in [3.05, 3.63) is 134 Å². The molecule has 39 heavy (non-hydrogen) atoms. The minimum Gasteiger partial charge on any atom is -0.502 e. The third kappa shape index (κ3) is 3.24. The molecule has 3 aromatic carbocycles. The van der Waals surface area contributed by atoms with E-state index >= 15 is 4.39 Å². The summed E-state index contributed by atoms with van der Waals surface area (Å²) in [5.74, 6) is -2.98. The van der Waals surface area contributed by atoms with Crippen LogP contribution in [0.5, 0.6) is 5.75 Å². The van der Waals surface area contributed by atoms with Crippen molar-refractivity contribution in [2.45, 2.75) is 24.8 Å². The lowest BCUT2D eigenvalue weighted by atomic mass is 9.81. The summed E-state index contributed by atoms with van der Waals surface area (Å²) in [4.78, 5) is 27.8. The van der Waals surface area contributed by atoms with E-state index in [1.54, 1.807) is 15.6 Å². The minimum atomic E-state index is -0.942. The van der Waals surface area contributed by atoms with Crippen LogP contribution in [0.4, 0.5) is 8.78 Å². The largest absolute Gasteiger partial charge is 0.502 e. The molecule has 196 valence electrons. The van der Waals surface area contributed by atoms with Gasteiger partial charge in [0, 0.05) is 24.7 Å². The van der Waals surface area contributed by atoms with Crippen molar-refractivity contribution in [2.75, 3.05) is 18.2 Å². The number of halogens is 2. The molecule has 0 spiro atoms. The maximum atomic E-state index is 15.2. The molecule has 0 saturated heterocycles. The Morgan fingerprint density at radius 1 is 0.897 bits per heavy atom. The summed E-state index contributed by atoms with van der Waals surface area (Å²) in [5.41, 5.74) is 2.33. The monoisotopic (exact) mass is 525 g/mol. The molecule has 2 unspecified atom stereocenters. The number of nitrogens with zero attached hydrogens (tertiary/aromatic N) is 3. The summed E-state index contributed by atoms with van der Waals surface area (Å²) in [7, 11) is 0. The molecule has 2 atom stereocenters. The first-order chi connectivity index (χ1) is 18.9. The van der Waals surface area contributed by atoms with Gasteiger partial charge in [0.05, 0.1) is 0 Å². The van der Waals surface area contributed by atoms with Crippen LogP contribution < -0.4 is 10.4 Å². The van der Waals surface area contributed by atoms with Gasteiger partial charge in [-0.15, -0.1) is 0 Å². The lowest BCUT2D eigenvalue weighted by Crippen LogP contribution is -2.63. The molecular formula is C31H25F2N3O3. The molecule has 0 saturated carbocycles. The summed E-state index contributed by atoms with van der Waals surface area (Å²) in [6.07, 6.45) is 3.03. The smallest absolute Gasteiger partial charge is 0.277 e. The Labute approximate surface area is 223 Å². The molecular weight excluding hydrogens is 500 g/mol. The van der Waals surface area contributed by atoms with Crippen LogP contribution in [0.25, 0.3) is 0 Å². The van der Waals surface area contributed by atoms with Crippen LogP contribution in [0.15, 0.2) is 83.8 Å². The zero-order valence-electron chi connectivity index (χ0n) is 21.0. The fourth-order valence-electron chi connectivity index (χ4n) is 6.90. The second-order valence-electron chi connectivity index (χ2n) is 10.5. The molecule has 7 rings (SSSR count). The first-order valence-corrected chi connectivity index (χ1v) is 13.0. The summed E-state index contributed by atoms with van der Waals surface area (Å²) >= 11 is 0. The Morgan fingerprint density at radius 2 is 1.67 bits per heavy atom. The fraction of sp³-hybridized carbons (Fsp3) is 0.226. The molecule has 8 heteroatoms. The van der Waals surface area contributed by atoms with E-state index in [4.69, 9.17) is 0 Å². The van der Waals surface area contributed by atoms with Gasteiger partial charge in [-0.2, -0.15) is 0 Å². The van der Waals surface area contributed by atoms with E-state index in [9.17, 15) is 19.1 Å². The second-order valence-corrected chi connectivity index (χ2v) is 10.5. The average Bonchev–Trinajstić information content (AvgIpc) is 3.45. The number of rotatable bonds is 4. The number of aromatic hydroxyl groups is 1. The Balaban J connectivity index is 1.45. The number of benzene rings is 3. The van der Waals surface area contributed by atoms with Gasteiger partial charge in [0.1, 0.15) is 12.2 Å². The zero-order valence-corrected chi connectivity index (χ0v) is 21.0. The third-order valence-corrected chi connectivity index (χ3v) is 8.57. The lowest BCUT2D eigenvalue weighted by molar-refractivity contribution is 0.0649. The lowest BCUT2D eigenvalue weighted by Gasteiger charge is -2.50. The molecule has 1 amide bonds. The van der Waals surface area contributed by atoms with E-state index in [1.165, 1.54) is 12.3 Å². The van der Waals surface area contributed by atoms with E-state index in [2.05, 4.69) is 0 Å². The number of carbonyl (C=O) groups is 1. The molecule has 4 aromatic rings. The van der Waals surface area contributed by atoms with Crippen molar-refractivity contribution in [3.63, 3.8) is 0 Å². The predicted octanol–water partition coefficient (Wildman–Crippen LogP) is 4.10. The highest BCUT2D eigenvalue weighted by atomic mass is 19.2. The Hall–Kier alpha value is -4.46. The van der Waals surface area contributed by atoms with Gasteiger partial charge in [-0.3, -0.25) is 19.3 Å². The van der Waals surface area contributed by atoms with Crippen LogP contribution in [-0.4, -0.2) is 33.8 Å². The van der Waals surface area contributed by atoms with E-state index in [0.29, 0.717) is 36.9 Å². The van der Waals surface area contributed by atoms with E-state index in [0.717, 1.165) is 22.8 Å². The van der Waals surface area contributed by atoms with Crippen LogP contribution in [0.1, 0.15) is 38.3 Å². The highest BCUT2D eigenvalue weighted by Gasteiger charge is 2.59. The Bertz CT molecular complexity index is 1700. The van der Waals surface area contributed by atoms with Crippen LogP contribution in [-0.2, 0) is 24.8 Å². The first-order valence-electron chi connectivity index (χ1n) is 13.0. The van der Waals surface area contributed by atoms with Crippen molar-refractivity contribution in [1.29, 1.82) is 0 Å². The molecule has 1 aliphatic heterocycles. The van der Waals surface area contributed by atoms with Crippen molar-refractivity contribution in [3.8, 4) is 5.75 Å². The summed E-state index contributed by atoms with van der Waals surface area (Å²) in [5, 5.41) is 12.8. The summed E-state index contributed by atoms with van der Waals surface area (Å²) < 4.78 is 31.2. The second kappa shape index (κ2) is 8.53. The highest BCUT2D eigenvalue weighted by Crippen LogP contribution is 2.57. The number of hydrogen-bond donors (Lipinski definition) is 1. The van der Waals surface area contributed by atoms with Crippen molar-refractivity contribution >= 4 is 5.91 Å². The molecule has 2 aliphatic carbocycles. The van der Waals surface area contributed by atoms with E-state index in [1.807, 2.05) is 59.6 Å². The molecule has 0 radical (unpaired) electrons. The van der Waals surface area contributed by atoms with Gasteiger partial charge in [-0.25, -0.2) is 8.78 Å². The van der Waals surface area contributed by atoms with Gasteiger partial charge in [0.25, 0.3) is 5.91 Å². The maximum absolute atomic E-state index is 15.2. The van der Waals surface area contributed by atoms with Gasteiger partial charge in [-0.05, 0) is 53.1 Å². The van der Waals surface area contributed by atoms with Crippen LogP contribution in [0, 0.1) is 17.6 Å². The normalized spacial score (nSPS) is 21.0. The number of aromatic nitrogens is 1. The molecule has 2 heterocycles. The maximum Gasteiger partial charge on any atom is 0.277 e. The minimum absolute atomic E-state index is 0.129. The van der Waals surface area contributed by atoms with Gasteiger partial charge in [0.2, 0.25) is 5.43 Å². The van der Waals surface area contributed by atoms with Crippen LogP contribution >= 0.6 is 0 Å². The molecule has 0 fully saturated rings. The van der Waals surface area contributed by atoms with Gasteiger partial charge < -0.3 is 10.0 Å². The van der Waals surface area contributed by atoms with Crippen LogP contribution in [0.3, 0.4) is 0 Å². The Morgan fingerprint density at radius 3 is 2.49 bits per heavy atom. The highest BCUT2D eigenvalue weighted by molar-refractivity contribution is 5.96. The average molecular weight is 526 g/mol. The van der Waals surface area contributed by atoms with Gasteiger partial charge >= 0.3 is 0 Å². The first kappa shape index (κ1) is 23.6. The van der Waals surface area contributed by atoms with E-state index < -0.39 is 34.3 Å². The summed E-state index contributed by atoms with van der Waals surface area (Å²) in [6, 6.07) is 21.7. The topological polar surface area (TPSA) is 65.8 Å². The van der Waals surface area contributed by atoms with Crippen molar-refractivity contribution in [1.82, 2.24) is 9.58 Å². The molecule has 3 aliphatic rings.